The van der Waals surface area contributed by atoms with Gasteiger partial charge < -0.3 is 5.32 Å². The smallest absolute Gasteiger partial charge is 0.305 e. The van der Waals surface area contributed by atoms with Crippen molar-refractivity contribution in [2.24, 2.45) is 0 Å². The predicted molar refractivity (Wildman–Crippen MR) is 86.4 cm³/mol. The number of nitrogens with one attached hydrogen (secondary N) is 2. The average molecular weight is 366 g/mol. The van der Waals surface area contributed by atoms with Crippen LogP contribution in [0.3, 0.4) is 0 Å². The molecule has 4 nitrogen and oxygen atoms in total. The van der Waals surface area contributed by atoms with E-state index in [9.17, 15) is 9.18 Å². The summed E-state index contributed by atoms with van der Waals surface area (Å²) >= 11 is 4.75. The van der Waals surface area contributed by atoms with Crippen molar-refractivity contribution in [1.29, 1.82) is 0 Å². The highest BCUT2D eigenvalue weighted by atomic mass is 79.9. The molecular weight excluding hydrogens is 357 g/mol. The Kier molecular flexibility index (Phi) is 3.85. The van der Waals surface area contributed by atoms with Crippen molar-refractivity contribution in [2.45, 2.75) is 0 Å². The fourth-order valence-electron chi connectivity index (χ4n) is 1.78. The first-order chi connectivity index (χ1) is 10.1. The van der Waals surface area contributed by atoms with Crippen LogP contribution >= 0.6 is 27.3 Å². The maximum atomic E-state index is 13.4. The lowest BCUT2D eigenvalue weighted by Gasteiger charge is -2.05. The highest BCUT2D eigenvalue weighted by Crippen LogP contribution is 2.30. The zero-order valence-corrected chi connectivity index (χ0v) is 13.0. The number of nitrogens with zero attached hydrogens (tertiary/aromatic N) is 1. The lowest BCUT2D eigenvalue weighted by atomic mass is 10.3. The summed E-state index contributed by atoms with van der Waals surface area (Å²) in [6, 6.07) is 11.1. The second-order valence-electron chi connectivity index (χ2n) is 4.16. The molecule has 21 heavy (non-hydrogen) atoms. The number of hydrogen-bond donors (Lipinski definition) is 2. The van der Waals surface area contributed by atoms with E-state index < -0.39 is 11.8 Å². The van der Waals surface area contributed by atoms with E-state index in [0.29, 0.717) is 5.13 Å². The first kappa shape index (κ1) is 14.0. The van der Waals surface area contributed by atoms with Gasteiger partial charge in [0.1, 0.15) is 5.82 Å². The third kappa shape index (κ3) is 3.03. The van der Waals surface area contributed by atoms with Crippen molar-refractivity contribution in [3.63, 3.8) is 0 Å². The Hall–Kier alpha value is -1.99. The molecule has 3 aromatic rings. The molecule has 2 aromatic carbocycles. The highest BCUT2D eigenvalue weighted by Gasteiger charge is 2.10. The molecule has 0 fully saturated rings. The van der Waals surface area contributed by atoms with Crippen molar-refractivity contribution in [1.82, 2.24) is 4.98 Å². The predicted octanol–water partition coefficient (Wildman–Crippen LogP) is 4.84. The van der Waals surface area contributed by atoms with Crippen LogP contribution in [0.5, 0.6) is 0 Å². The molecule has 1 aromatic heterocycles. The Balaban J connectivity index is 1.77. The number of thiazole rings is 1. The van der Waals surface area contributed by atoms with Gasteiger partial charge >= 0.3 is 6.03 Å². The number of para-hydroxylation sites is 2. The van der Waals surface area contributed by atoms with Crippen LogP contribution in [0.4, 0.5) is 20.0 Å². The SMILES string of the molecule is O=C(Nc1nc2c(Br)cccc2s1)Nc1ccccc1F. The van der Waals surface area contributed by atoms with Crippen molar-refractivity contribution in [3.05, 3.63) is 52.8 Å². The average Bonchev–Trinajstić information content (AvgIpc) is 2.85. The number of anilines is 2. The van der Waals surface area contributed by atoms with Crippen LogP contribution in [0.1, 0.15) is 0 Å². The van der Waals surface area contributed by atoms with Gasteiger partial charge in [-0.2, -0.15) is 0 Å². The molecule has 106 valence electrons. The summed E-state index contributed by atoms with van der Waals surface area (Å²) in [6.45, 7) is 0. The number of amides is 2. The van der Waals surface area contributed by atoms with Crippen molar-refractivity contribution in [3.8, 4) is 0 Å². The van der Waals surface area contributed by atoms with Gasteiger partial charge in [-0.25, -0.2) is 14.2 Å². The molecule has 3 rings (SSSR count). The van der Waals surface area contributed by atoms with Gasteiger partial charge in [-0.05, 0) is 40.2 Å². The van der Waals surface area contributed by atoms with Gasteiger partial charge in [0.05, 0.1) is 15.9 Å². The summed E-state index contributed by atoms with van der Waals surface area (Å²) in [4.78, 5) is 16.2. The zero-order valence-electron chi connectivity index (χ0n) is 10.6. The van der Waals surface area contributed by atoms with E-state index in [4.69, 9.17) is 0 Å². The van der Waals surface area contributed by atoms with E-state index in [1.165, 1.54) is 23.5 Å². The first-order valence-electron chi connectivity index (χ1n) is 6.01. The van der Waals surface area contributed by atoms with Crippen molar-refractivity contribution in [2.75, 3.05) is 10.6 Å². The van der Waals surface area contributed by atoms with Gasteiger partial charge in [-0.15, -0.1) is 0 Å². The Morgan fingerprint density at radius 2 is 1.95 bits per heavy atom. The van der Waals surface area contributed by atoms with E-state index in [1.54, 1.807) is 12.1 Å². The quantitative estimate of drug-likeness (QED) is 0.682. The molecule has 0 bridgehead atoms. The van der Waals surface area contributed by atoms with Gasteiger partial charge in [0.25, 0.3) is 0 Å². The number of benzene rings is 2. The third-order valence-electron chi connectivity index (χ3n) is 2.71. The number of halogens is 2. The lowest BCUT2D eigenvalue weighted by Crippen LogP contribution is -2.19. The molecule has 0 saturated heterocycles. The van der Waals surface area contributed by atoms with E-state index >= 15 is 0 Å². The monoisotopic (exact) mass is 365 g/mol. The van der Waals surface area contributed by atoms with Crippen molar-refractivity contribution < 1.29 is 9.18 Å². The largest absolute Gasteiger partial charge is 0.325 e. The fraction of sp³-hybridized carbons (Fsp3) is 0. The molecule has 2 amide bonds. The second-order valence-corrected chi connectivity index (χ2v) is 6.05. The summed E-state index contributed by atoms with van der Waals surface area (Å²) in [7, 11) is 0. The van der Waals surface area contributed by atoms with E-state index in [-0.39, 0.29) is 5.69 Å². The summed E-state index contributed by atoms with van der Waals surface area (Å²) in [5.41, 5.74) is 0.904. The molecule has 2 N–H and O–H groups in total. The van der Waals surface area contributed by atoms with Gasteiger partial charge in [0, 0.05) is 4.47 Å². The number of aromatic nitrogens is 1. The Bertz CT molecular complexity index is 821. The molecule has 0 aliphatic carbocycles. The van der Waals surface area contributed by atoms with Crippen LogP contribution < -0.4 is 10.6 Å². The second kappa shape index (κ2) is 5.79. The van der Waals surface area contributed by atoms with Gasteiger partial charge in [-0.1, -0.05) is 29.5 Å². The van der Waals surface area contributed by atoms with Gasteiger partial charge in [0.15, 0.2) is 5.13 Å². The number of rotatable bonds is 2. The number of carbonyl (C=O) groups excluding carboxylic acids is 1. The maximum Gasteiger partial charge on any atom is 0.325 e. The molecule has 0 radical (unpaired) electrons. The summed E-state index contributed by atoms with van der Waals surface area (Å²) < 4.78 is 15.3. The molecule has 0 unspecified atom stereocenters. The maximum absolute atomic E-state index is 13.4. The Morgan fingerprint density at radius 1 is 1.14 bits per heavy atom. The Labute approximate surface area is 132 Å². The van der Waals surface area contributed by atoms with E-state index in [2.05, 4.69) is 31.5 Å². The number of urea groups is 1. The van der Waals surface area contributed by atoms with Crippen LogP contribution in [0, 0.1) is 5.82 Å². The minimum absolute atomic E-state index is 0.122. The molecule has 1 heterocycles. The molecule has 0 aliphatic heterocycles. The normalized spacial score (nSPS) is 10.6. The molecular formula is C14H9BrFN3OS. The van der Waals surface area contributed by atoms with Crippen molar-refractivity contribution >= 4 is 54.3 Å². The number of hydrogen-bond acceptors (Lipinski definition) is 3. The third-order valence-corrected chi connectivity index (χ3v) is 4.29. The topological polar surface area (TPSA) is 54.0 Å². The van der Waals surface area contributed by atoms with E-state index in [1.807, 2.05) is 18.2 Å². The van der Waals surface area contributed by atoms with Crippen LogP contribution in [0.15, 0.2) is 46.9 Å². The number of fused-ring (bicyclic) bond motifs is 1. The highest BCUT2D eigenvalue weighted by molar-refractivity contribution is 9.10. The zero-order chi connectivity index (χ0) is 14.8. The summed E-state index contributed by atoms with van der Waals surface area (Å²) in [5, 5.41) is 5.50. The van der Waals surface area contributed by atoms with E-state index in [0.717, 1.165) is 14.7 Å². The molecule has 7 heteroatoms. The van der Waals surface area contributed by atoms with Crippen LogP contribution in [0.2, 0.25) is 0 Å². The number of carbonyl (C=O) groups is 1. The summed E-state index contributed by atoms with van der Waals surface area (Å²) in [5.74, 6) is -0.486. The van der Waals surface area contributed by atoms with Crippen LogP contribution in [0.25, 0.3) is 10.2 Å². The molecule has 0 saturated carbocycles. The van der Waals surface area contributed by atoms with Crippen LogP contribution in [-0.2, 0) is 0 Å². The van der Waals surface area contributed by atoms with Gasteiger partial charge in [-0.3, -0.25) is 5.32 Å². The minimum Gasteiger partial charge on any atom is -0.305 e. The molecule has 0 aliphatic rings. The first-order valence-corrected chi connectivity index (χ1v) is 7.62. The van der Waals surface area contributed by atoms with Gasteiger partial charge in [0.2, 0.25) is 0 Å². The minimum atomic E-state index is -0.532. The fourth-order valence-corrected chi connectivity index (χ4v) is 3.26. The Morgan fingerprint density at radius 3 is 2.71 bits per heavy atom. The molecule has 0 atom stereocenters. The van der Waals surface area contributed by atoms with Crippen LogP contribution in [-0.4, -0.2) is 11.0 Å². The summed E-state index contributed by atoms with van der Waals surface area (Å²) in [6.07, 6.45) is 0. The lowest BCUT2D eigenvalue weighted by molar-refractivity contribution is 0.262. The standard InChI is InChI=1S/C14H9BrFN3OS/c15-8-4-3-7-11-12(8)18-14(21-11)19-13(20)17-10-6-2-1-5-9(10)16/h1-7H,(H2,17,18,19,20). The molecule has 0 spiro atoms.